The predicted octanol–water partition coefficient (Wildman–Crippen LogP) is 0.888. The van der Waals surface area contributed by atoms with Crippen LogP contribution in [0.4, 0.5) is 0 Å². The zero-order chi connectivity index (χ0) is 9.97. The highest BCUT2D eigenvalue weighted by Gasteiger charge is 2.32. The summed E-state index contributed by atoms with van der Waals surface area (Å²) in [6, 6.07) is 0. The minimum Gasteiger partial charge on any atom is -0.370 e. The molecule has 2 aliphatic rings. The molecular weight excluding hydrogens is 176 g/mol. The van der Waals surface area contributed by atoms with E-state index in [4.69, 9.17) is 5.73 Å². The van der Waals surface area contributed by atoms with Gasteiger partial charge in [0.15, 0.2) is 0 Å². The summed E-state index contributed by atoms with van der Waals surface area (Å²) in [7, 11) is 0. The van der Waals surface area contributed by atoms with E-state index in [1.165, 1.54) is 32.2 Å². The van der Waals surface area contributed by atoms with Crippen LogP contribution < -0.4 is 11.1 Å². The van der Waals surface area contributed by atoms with Gasteiger partial charge in [-0.25, -0.2) is 0 Å². The number of carbonyl (C=O) groups excluding carboxylic acids is 1. The van der Waals surface area contributed by atoms with E-state index in [2.05, 4.69) is 5.32 Å². The number of nitrogens with one attached hydrogen (secondary N) is 1. The molecule has 3 heteroatoms. The van der Waals surface area contributed by atoms with Crippen LogP contribution in [0.2, 0.25) is 0 Å². The third kappa shape index (κ3) is 2.27. The SMILES string of the molecule is NC(=O)CC1CCC2CNCCC2C1. The molecule has 1 aliphatic heterocycles. The summed E-state index contributed by atoms with van der Waals surface area (Å²) in [4.78, 5) is 10.8. The molecule has 0 radical (unpaired) electrons. The van der Waals surface area contributed by atoms with E-state index in [9.17, 15) is 4.79 Å². The summed E-state index contributed by atoms with van der Waals surface area (Å²) < 4.78 is 0. The van der Waals surface area contributed by atoms with Gasteiger partial charge in [-0.2, -0.15) is 0 Å². The van der Waals surface area contributed by atoms with Crippen LogP contribution in [0, 0.1) is 17.8 Å². The van der Waals surface area contributed by atoms with Gasteiger partial charge in [0, 0.05) is 6.42 Å². The van der Waals surface area contributed by atoms with Gasteiger partial charge < -0.3 is 11.1 Å². The van der Waals surface area contributed by atoms with E-state index in [0.717, 1.165) is 18.4 Å². The lowest BCUT2D eigenvalue weighted by Crippen LogP contribution is -2.40. The number of nitrogens with two attached hydrogens (primary N) is 1. The summed E-state index contributed by atoms with van der Waals surface area (Å²) >= 11 is 0. The number of piperidine rings is 1. The van der Waals surface area contributed by atoms with Gasteiger partial charge in [0.25, 0.3) is 0 Å². The molecule has 80 valence electrons. The molecule has 3 unspecified atom stereocenters. The Hall–Kier alpha value is -0.570. The maximum atomic E-state index is 10.8. The lowest BCUT2D eigenvalue weighted by molar-refractivity contribution is -0.119. The van der Waals surface area contributed by atoms with E-state index in [1.807, 2.05) is 0 Å². The maximum absolute atomic E-state index is 10.8. The lowest BCUT2D eigenvalue weighted by Gasteiger charge is -2.39. The van der Waals surface area contributed by atoms with Crippen molar-refractivity contribution in [3.8, 4) is 0 Å². The first-order valence-corrected chi connectivity index (χ1v) is 5.74. The topological polar surface area (TPSA) is 55.1 Å². The van der Waals surface area contributed by atoms with Crippen LogP contribution in [0.25, 0.3) is 0 Å². The average molecular weight is 196 g/mol. The van der Waals surface area contributed by atoms with Crippen molar-refractivity contribution in [2.75, 3.05) is 13.1 Å². The molecule has 1 saturated heterocycles. The summed E-state index contributed by atoms with van der Waals surface area (Å²) in [6.07, 6.45) is 5.62. The van der Waals surface area contributed by atoms with Gasteiger partial charge in [0.05, 0.1) is 0 Å². The molecule has 1 amide bonds. The first-order valence-electron chi connectivity index (χ1n) is 5.74. The molecule has 2 rings (SSSR count). The minimum absolute atomic E-state index is 0.123. The summed E-state index contributed by atoms with van der Waals surface area (Å²) in [5, 5.41) is 3.45. The fraction of sp³-hybridized carbons (Fsp3) is 0.909. The number of primary amides is 1. The predicted molar refractivity (Wildman–Crippen MR) is 55.6 cm³/mol. The second-order valence-electron chi connectivity index (χ2n) is 4.86. The summed E-state index contributed by atoms with van der Waals surface area (Å²) in [5.74, 6) is 2.18. The molecular formula is C11H20N2O. The van der Waals surface area contributed by atoms with E-state index < -0.39 is 0 Å². The monoisotopic (exact) mass is 196 g/mol. The molecule has 0 aromatic heterocycles. The average Bonchev–Trinajstić information content (AvgIpc) is 2.17. The van der Waals surface area contributed by atoms with E-state index in [-0.39, 0.29) is 5.91 Å². The van der Waals surface area contributed by atoms with Crippen molar-refractivity contribution in [2.24, 2.45) is 23.5 Å². The fourth-order valence-electron chi connectivity index (χ4n) is 3.09. The van der Waals surface area contributed by atoms with Gasteiger partial charge in [-0.15, -0.1) is 0 Å². The van der Waals surface area contributed by atoms with Crippen LogP contribution >= 0.6 is 0 Å². The first kappa shape index (κ1) is 9.97. The van der Waals surface area contributed by atoms with Crippen molar-refractivity contribution in [1.29, 1.82) is 0 Å². The number of rotatable bonds is 2. The van der Waals surface area contributed by atoms with Crippen LogP contribution in [-0.4, -0.2) is 19.0 Å². The van der Waals surface area contributed by atoms with Gasteiger partial charge in [-0.1, -0.05) is 0 Å². The number of hydrogen-bond acceptors (Lipinski definition) is 2. The molecule has 3 N–H and O–H groups in total. The molecule has 14 heavy (non-hydrogen) atoms. The molecule has 0 aromatic carbocycles. The summed E-state index contributed by atoms with van der Waals surface area (Å²) in [6.45, 7) is 2.35. The Bertz CT molecular complexity index is 217. The fourth-order valence-corrected chi connectivity index (χ4v) is 3.09. The summed E-state index contributed by atoms with van der Waals surface area (Å²) in [5.41, 5.74) is 5.24. The molecule has 0 spiro atoms. The molecule has 1 saturated carbocycles. The van der Waals surface area contributed by atoms with E-state index in [0.29, 0.717) is 12.3 Å². The van der Waals surface area contributed by atoms with Crippen LogP contribution in [0.5, 0.6) is 0 Å². The standard InChI is InChI=1S/C11H20N2O/c12-11(14)6-8-1-2-10-7-13-4-3-9(10)5-8/h8-10,13H,1-7H2,(H2,12,14). The maximum Gasteiger partial charge on any atom is 0.217 e. The van der Waals surface area contributed by atoms with Crippen molar-refractivity contribution in [3.05, 3.63) is 0 Å². The number of hydrogen-bond donors (Lipinski definition) is 2. The molecule has 1 aliphatic carbocycles. The zero-order valence-corrected chi connectivity index (χ0v) is 8.67. The second kappa shape index (κ2) is 4.30. The number of fused-ring (bicyclic) bond motifs is 1. The first-order chi connectivity index (χ1) is 6.75. The smallest absolute Gasteiger partial charge is 0.217 e. The van der Waals surface area contributed by atoms with Gasteiger partial charge in [0.2, 0.25) is 5.91 Å². The van der Waals surface area contributed by atoms with Crippen LogP contribution in [0.15, 0.2) is 0 Å². The molecule has 1 heterocycles. The Balaban J connectivity index is 1.86. The quantitative estimate of drug-likeness (QED) is 0.689. The number of carbonyl (C=O) groups is 1. The van der Waals surface area contributed by atoms with Crippen LogP contribution in [-0.2, 0) is 4.79 Å². The highest BCUT2D eigenvalue weighted by molar-refractivity contribution is 5.73. The van der Waals surface area contributed by atoms with Crippen molar-refractivity contribution in [1.82, 2.24) is 5.32 Å². The Morgan fingerprint density at radius 2 is 2.14 bits per heavy atom. The van der Waals surface area contributed by atoms with E-state index in [1.54, 1.807) is 0 Å². The van der Waals surface area contributed by atoms with Crippen molar-refractivity contribution >= 4 is 5.91 Å². The molecule has 3 nitrogen and oxygen atoms in total. The van der Waals surface area contributed by atoms with Gasteiger partial charge in [-0.05, 0) is 56.5 Å². The zero-order valence-electron chi connectivity index (χ0n) is 8.67. The van der Waals surface area contributed by atoms with Gasteiger partial charge in [0.1, 0.15) is 0 Å². The minimum atomic E-state index is -0.123. The van der Waals surface area contributed by atoms with Gasteiger partial charge >= 0.3 is 0 Å². The Morgan fingerprint density at radius 1 is 1.29 bits per heavy atom. The van der Waals surface area contributed by atoms with Crippen molar-refractivity contribution in [3.63, 3.8) is 0 Å². The Kier molecular flexibility index (Phi) is 3.06. The van der Waals surface area contributed by atoms with Crippen molar-refractivity contribution in [2.45, 2.75) is 32.1 Å². The molecule has 0 aromatic rings. The lowest BCUT2D eigenvalue weighted by atomic mass is 9.70. The Labute approximate surface area is 85.4 Å². The normalized spacial score (nSPS) is 37.6. The van der Waals surface area contributed by atoms with Crippen LogP contribution in [0.3, 0.4) is 0 Å². The third-order valence-electron chi connectivity index (χ3n) is 3.84. The number of amides is 1. The highest BCUT2D eigenvalue weighted by atomic mass is 16.1. The highest BCUT2D eigenvalue weighted by Crippen LogP contribution is 2.38. The van der Waals surface area contributed by atoms with E-state index >= 15 is 0 Å². The second-order valence-corrected chi connectivity index (χ2v) is 4.86. The molecule has 2 fully saturated rings. The van der Waals surface area contributed by atoms with Crippen LogP contribution in [0.1, 0.15) is 32.1 Å². The molecule has 0 bridgehead atoms. The third-order valence-corrected chi connectivity index (χ3v) is 3.84. The largest absolute Gasteiger partial charge is 0.370 e. The Morgan fingerprint density at radius 3 is 2.93 bits per heavy atom. The van der Waals surface area contributed by atoms with Crippen molar-refractivity contribution < 1.29 is 4.79 Å². The molecule has 3 atom stereocenters. The van der Waals surface area contributed by atoms with Gasteiger partial charge in [-0.3, -0.25) is 4.79 Å².